The highest BCUT2D eigenvalue weighted by atomic mass is 32.2. The Hall–Kier alpha value is -0.960. The van der Waals surface area contributed by atoms with Crippen molar-refractivity contribution in [1.82, 2.24) is 4.72 Å². The van der Waals surface area contributed by atoms with Crippen LogP contribution in [0.3, 0.4) is 0 Å². The molecule has 1 rings (SSSR count). The van der Waals surface area contributed by atoms with Gasteiger partial charge in [-0.25, -0.2) is 0 Å². The van der Waals surface area contributed by atoms with Crippen molar-refractivity contribution in [3.8, 4) is 0 Å². The van der Waals surface area contributed by atoms with E-state index < -0.39 is 0 Å². The SMILES string of the molecule is CCCCCCCCSNC(=O)c1ccccc1. The van der Waals surface area contributed by atoms with Crippen molar-refractivity contribution in [3.05, 3.63) is 35.9 Å². The second-order valence-corrected chi connectivity index (χ2v) is 5.31. The predicted molar refractivity (Wildman–Crippen MR) is 79.7 cm³/mol. The quantitative estimate of drug-likeness (QED) is 0.529. The lowest BCUT2D eigenvalue weighted by atomic mass is 10.1. The lowest BCUT2D eigenvalue weighted by Crippen LogP contribution is -2.16. The monoisotopic (exact) mass is 265 g/mol. The molecule has 0 saturated heterocycles. The van der Waals surface area contributed by atoms with Crippen LogP contribution in [0.5, 0.6) is 0 Å². The van der Waals surface area contributed by atoms with Gasteiger partial charge in [0.2, 0.25) is 0 Å². The fourth-order valence-corrected chi connectivity index (χ4v) is 2.42. The molecule has 1 N–H and O–H groups in total. The summed E-state index contributed by atoms with van der Waals surface area (Å²) < 4.78 is 2.88. The zero-order valence-corrected chi connectivity index (χ0v) is 12.0. The second kappa shape index (κ2) is 10.0. The molecule has 1 amide bonds. The Kier molecular flexibility index (Phi) is 8.40. The minimum atomic E-state index is 0.00610. The topological polar surface area (TPSA) is 29.1 Å². The van der Waals surface area contributed by atoms with Crippen LogP contribution in [0.25, 0.3) is 0 Å². The average molecular weight is 265 g/mol. The van der Waals surface area contributed by atoms with Gasteiger partial charge in [-0.1, -0.05) is 69.2 Å². The summed E-state index contributed by atoms with van der Waals surface area (Å²) in [6.45, 7) is 2.23. The molecule has 0 atom stereocenters. The predicted octanol–water partition coefficient (Wildman–Crippen LogP) is 4.43. The molecule has 3 heteroatoms. The van der Waals surface area contributed by atoms with Crippen molar-refractivity contribution in [2.75, 3.05) is 5.75 Å². The molecule has 0 spiro atoms. The Bertz CT molecular complexity index is 327. The molecule has 0 radical (unpaired) electrons. The second-order valence-electron chi connectivity index (χ2n) is 4.41. The molecule has 0 aliphatic heterocycles. The van der Waals surface area contributed by atoms with E-state index in [2.05, 4.69) is 11.6 Å². The molecule has 1 aromatic carbocycles. The number of unbranched alkanes of at least 4 members (excludes halogenated alkanes) is 5. The molecule has 0 aliphatic rings. The van der Waals surface area contributed by atoms with Crippen LogP contribution < -0.4 is 4.72 Å². The van der Waals surface area contributed by atoms with Crippen LogP contribution in [0.1, 0.15) is 55.8 Å². The minimum Gasteiger partial charge on any atom is -0.296 e. The van der Waals surface area contributed by atoms with Crippen LogP contribution in [-0.4, -0.2) is 11.7 Å². The molecule has 1 aromatic rings. The van der Waals surface area contributed by atoms with Gasteiger partial charge in [-0.15, -0.1) is 0 Å². The van der Waals surface area contributed by atoms with Gasteiger partial charge >= 0.3 is 0 Å². The molecule has 100 valence electrons. The number of amides is 1. The highest BCUT2D eigenvalue weighted by Crippen LogP contribution is 2.08. The number of carbonyl (C=O) groups is 1. The van der Waals surface area contributed by atoms with Crippen LogP contribution in [-0.2, 0) is 0 Å². The molecule has 0 fully saturated rings. The highest BCUT2D eigenvalue weighted by Gasteiger charge is 2.02. The van der Waals surface area contributed by atoms with E-state index in [1.54, 1.807) is 0 Å². The fraction of sp³-hybridized carbons (Fsp3) is 0.533. The minimum absolute atomic E-state index is 0.00610. The van der Waals surface area contributed by atoms with Gasteiger partial charge in [0.05, 0.1) is 0 Å². The Morgan fingerprint density at radius 3 is 2.44 bits per heavy atom. The number of hydrogen-bond donors (Lipinski definition) is 1. The van der Waals surface area contributed by atoms with Crippen molar-refractivity contribution in [2.45, 2.75) is 45.4 Å². The normalized spacial score (nSPS) is 10.3. The number of nitrogens with one attached hydrogen (secondary N) is 1. The molecule has 0 saturated carbocycles. The summed E-state index contributed by atoms with van der Waals surface area (Å²) in [5.74, 6) is 1.01. The van der Waals surface area contributed by atoms with E-state index in [9.17, 15) is 4.79 Å². The van der Waals surface area contributed by atoms with E-state index >= 15 is 0 Å². The van der Waals surface area contributed by atoms with E-state index in [1.807, 2.05) is 30.3 Å². The Morgan fingerprint density at radius 1 is 1.06 bits per heavy atom. The number of benzene rings is 1. The van der Waals surface area contributed by atoms with Crippen LogP contribution in [0.2, 0.25) is 0 Å². The molecule has 18 heavy (non-hydrogen) atoms. The number of carbonyl (C=O) groups excluding carboxylic acids is 1. The first-order valence-electron chi connectivity index (χ1n) is 6.81. The van der Waals surface area contributed by atoms with Gasteiger partial charge in [0.1, 0.15) is 0 Å². The van der Waals surface area contributed by atoms with Gasteiger partial charge < -0.3 is 0 Å². The largest absolute Gasteiger partial charge is 0.296 e. The van der Waals surface area contributed by atoms with E-state index in [4.69, 9.17) is 0 Å². The first-order chi connectivity index (χ1) is 8.84. The average Bonchev–Trinajstić information content (AvgIpc) is 2.42. The van der Waals surface area contributed by atoms with Crippen molar-refractivity contribution in [3.63, 3.8) is 0 Å². The summed E-state index contributed by atoms with van der Waals surface area (Å²) in [7, 11) is 0. The third-order valence-electron chi connectivity index (χ3n) is 2.80. The van der Waals surface area contributed by atoms with Crippen molar-refractivity contribution >= 4 is 17.9 Å². The van der Waals surface area contributed by atoms with E-state index in [1.165, 1.54) is 50.5 Å². The molecule has 0 heterocycles. The van der Waals surface area contributed by atoms with E-state index in [-0.39, 0.29) is 5.91 Å². The highest BCUT2D eigenvalue weighted by molar-refractivity contribution is 7.97. The molecule has 2 nitrogen and oxygen atoms in total. The molecule has 0 unspecified atom stereocenters. The van der Waals surface area contributed by atoms with Crippen molar-refractivity contribution in [1.29, 1.82) is 0 Å². The smallest absolute Gasteiger partial charge is 0.261 e. The van der Waals surface area contributed by atoms with E-state index in [0.717, 1.165) is 11.3 Å². The van der Waals surface area contributed by atoms with E-state index in [0.29, 0.717) is 0 Å². The summed E-state index contributed by atoms with van der Waals surface area (Å²) in [6, 6.07) is 9.35. The fourth-order valence-electron chi connectivity index (χ4n) is 1.72. The van der Waals surface area contributed by atoms with Crippen LogP contribution >= 0.6 is 11.9 Å². The van der Waals surface area contributed by atoms with Gasteiger partial charge in [0.15, 0.2) is 0 Å². The maximum Gasteiger partial charge on any atom is 0.261 e. The standard InChI is InChI=1S/C15H23NOS/c1-2-3-4-5-6-10-13-18-16-15(17)14-11-8-7-9-12-14/h7-9,11-12H,2-6,10,13H2,1H3,(H,16,17). The van der Waals surface area contributed by atoms with Gasteiger partial charge in [-0.2, -0.15) is 0 Å². The third kappa shape index (κ3) is 6.70. The maximum atomic E-state index is 11.7. The lowest BCUT2D eigenvalue weighted by molar-refractivity contribution is 0.0984. The first kappa shape index (κ1) is 15.1. The summed E-state index contributed by atoms with van der Waals surface area (Å²) in [4.78, 5) is 11.7. The van der Waals surface area contributed by atoms with Crippen LogP contribution in [0.4, 0.5) is 0 Å². The number of rotatable bonds is 9. The molecular formula is C15H23NOS. The summed E-state index contributed by atoms with van der Waals surface area (Å²) in [5.41, 5.74) is 0.730. The van der Waals surface area contributed by atoms with Crippen LogP contribution in [0.15, 0.2) is 30.3 Å². The first-order valence-corrected chi connectivity index (χ1v) is 7.80. The van der Waals surface area contributed by atoms with Crippen LogP contribution in [0, 0.1) is 0 Å². The zero-order chi connectivity index (χ0) is 13.1. The molecular weight excluding hydrogens is 242 g/mol. The van der Waals surface area contributed by atoms with Crippen molar-refractivity contribution in [2.24, 2.45) is 0 Å². The van der Waals surface area contributed by atoms with Crippen molar-refractivity contribution < 1.29 is 4.79 Å². The summed E-state index contributed by atoms with van der Waals surface area (Å²) in [5, 5.41) is 0. The number of hydrogen-bond acceptors (Lipinski definition) is 2. The van der Waals surface area contributed by atoms with Gasteiger partial charge in [-0.05, 0) is 18.6 Å². The Balaban J connectivity index is 2.00. The lowest BCUT2D eigenvalue weighted by Gasteiger charge is -2.04. The maximum absolute atomic E-state index is 11.7. The molecule has 0 bridgehead atoms. The van der Waals surface area contributed by atoms with Gasteiger partial charge in [-0.3, -0.25) is 9.52 Å². The summed E-state index contributed by atoms with van der Waals surface area (Å²) >= 11 is 1.52. The Labute approximate surface area is 115 Å². The van der Waals surface area contributed by atoms with Gasteiger partial charge in [0, 0.05) is 11.3 Å². The molecule has 0 aromatic heterocycles. The third-order valence-corrected chi connectivity index (χ3v) is 3.62. The summed E-state index contributed by atoms with van der Waals surface area (Å²) in [6.07, 6.45) is 7.76. The zero-order valence-electron chi connectivity index (χ0n) is 11.2. The van der Waals surface area contributed by atoms with Gasteiger partial charge in [0.25, 0.3) is 5.91 Å². The molecule has 0 aliphatic carbocycles. The Morgan fingerprint density at radius 2 is 1.72 bits per heavy atom.